The number of hydrogen-bond donors (Lipinski definition) is 2. The fraction of sp³-hybridized carbons (Fsp3) is 0. The summed E-state index contributed by atoms with van der Waals surface area (Å²) >= 11 is 0. The molecule has 0 fully saturated rings. The SMILES string of the molecule is Fc1ccc(C2=c3ccc([nH]3)=c3ccccc3=C3C=CC(=N3)C(c3ccc(F)cc3)=c3ccc([nH]3)=c3ccccc3=C3C=CC2=N3)cc1. The number of nitrogens with zero attached hydrogens (tertiary/aromatic N) is 2. The molecular weight excluding hydrogens is 598 g/mol. The first kappa shape index (κ1) is 27.9. The average molecular weight is 625 g/mol. The molecule has 3 aliphatic heterocycles. The van der Waals surface area contributed by atoms with E-state index in [-0.39, 0.29) is 11.6 Å². The highest BCUT2D eigenvalue weighted by molar-refractivity contribution is 6.32. The zero-order valence-electron chi connectivity index (χ0n) is 25.5. The van der Waals surface area contributed by atoms with Crippen molar-refractivity contribution < 1.29 is 8.78 Å². The molecule has 0 radical (unpaired) electrons. The Kier molecular flexibility index (Phi) is 6.47. The number of fused-ring (bicyclic) bond motifs is 8. The number of allylic oxidation sites excluding steroid dienone is 2. The van der Waals surface area contributed by atoms with Crippen LogP contribution in [-0.2, 0) is 0 Å². The van der Waals surface area contributed by atoms with Crippen molar-refractivity contribution in [2.75, 3.05) is 0 Å². The molecule has 0 saturated heterocycles. The summed E-state index contributed by atoms with van der Waals surface area (Å²) in [5.74, 6) is -0.588. The average Bonchev–Trinajstić information content (AvgIpc) is 3.95. The largest absolute Gasteiger partial charge is 0.354 e. The first-order chi connectivity index (χ1) is 23.6. The zero-order chi connectivity index (χ0) is 32.2. The number of H-pyrrole nitrogens is 2. The summed E-state index contributed by atoms with van der Waals surface area (Å²) in [7, 11) is 0. The van der Waals surface area contributed by atoms with Gasteiger partial charge in [-0.15, -0.1) is 0 Å². The fourth-order valence-electron chi connectivity index (χ4n) is 6.70. The smallest absolute Gasteiger partial charge is 0.123 e. The van der Waals surface area contributed by atoms with Crippen molar-refractivity contribution in [2.45, 2.75) is 0 Å². The van der Waals surface area contributed by atoms with E-state index in [0.717, 1.165) is 87.4 Å². The number of aromatic nitrogens is 2. The van der Waals surface area contributed by atoms with Crippen LogP contribution in [-0.4, -0.2) is 21.4 Å². The van der Waals surface area contributed by atoms with E-state index in [1.165, 1.54) is 24.3 Å². The molecule has 9 rings (SSSR count). The predicted octanol–water partition coefficient (Wildman–Crippen LogP) is 5.54. The molecule has 2 N–H and O–H groups in total. The first-order valence-electron chi connectivity index (χ1n) is 15.7. The van der Waals surface area contributed by atoms with E-state index >= 15 is 0 Å². The van der Waals surface area contributed by atoms with Crippen LogP contribution in [0, 0.1) is 32.8 Å². The lowest BCUT2D eigenvalue weighted by atomic mass is 10.0. The third kappa shape index (κ3) is 4.74. The maximum Gasteiger partial charge on any atom is 0.123 e. The van der Waals surface area contributed by atoms with Gasteiger partial charge in [0.05, 0.1) is 22.8 Å². The van der Waals surface area contributed by atoms with Gasteiger partial charge < -0.3 is 9.97 Å². The maximum atomic E-state index is 14.1. The third-order valence-corrected chi connectivity index (χ3v) is 8.96. The molecule has 228 valence electrons. The van der Waals surface area contributed by atoms with Gasteiger partial charge in [0.25, 0.3) is 0 Å². The second-order valence-corrected chi connectivity index (χ2v) is 11.9. The summed E-state index contributed by atoms with van der Waals surface area (Å²) in [5.41, 5.74) is 6.64. The molecule has 0 unspecified atom stereocenters. The van der Waals surface area contributed by atoms with E-state index < -0.39 is 0 Å². The van der Waals surface area contributed by atoms with E-state index in [1.807, 2.05) is 60.7 Å². The molecule has 6 heteroatoms. The number of hydrogen-bond acceptors (Lipinski definition) is 2. The lowest BCUT2D eigenvalue weighted by Crippen LogP contribution is -2.15. The topological polar surface area (TPSA) is 56.3 Å². The molecular formula is C42H26F2N4. The maximum absolute atomic E-state index is 14.1. The number of halogens is 2. The molecule has 4 nitrogen and oxygen atoms in total. The quantitative estimate of drug-likeness (QED) is 0.254. The highest BCUT2D eigenvalue weighted by atomic mass is 19.1. The minimum atomic E-state index is -0.294. The molecule has 0 amide bonds. The van der Waals surface area contributed by atoms with Crippen LogP contribution in [0.1, 0.15) is 11.1 Å². The molecule has 8 bridgehead atoms. The van der Waals surface area contributed by atoms with Gasteiger partial charge in [-0.1, -0.05) is 72.8 Å². The minimum absolute atomic E-state index is 0.294. The summed E-state index contributed by atoms with van der Waals surface area (Å²) in [5, 5.41) is 7.47. The number of benzene rings is 4. The predicted molar refractivity (Wildman–Crippen MR) is 186 cm³/mol. The summed E-state index contributed by atoms with van der Waals surface area (Å²) in [6, 6.07) is 37.6. The second-order valence-electron chi connectivity index (χ2n) is 11.9. The summed E-state index contributed by atoms with van der Waals surface area (Å²) in [6.07, 6.45) is 8.09. The lowest BCUT2D eigenvalue weighted by molar-refractivity contribution is 0.627. The molecule has 0 saturated carbocycles. The first-order valence-corrected chi connectivity index (χ1v) is 15.7. The molecule has 48 heavy (non-hydrogen) atoms. The van der Waals surface area contributed by atoms with Crippen LogP contribution in [0.4, 0.5) is 8.78 Å². The standard InChI is InChI=1S/C42H26F2N4/c43-27-13-9-25(10-14-27)41-37-21-17-33(45-37)29-5-1-2-6-30(29)34-18-22-38(46-34)42(26-11-15-28(44)16-12-26)40-24-20-36(48-40)32-8-4-3-7-31(32)35-19-23-39(41)47-35/h1-24,45,48H. The van der Waals surface area contributed by atoms with Crippen LogP contribution in [0.15, 0.2) is 156 Å². The molecule has 0 aliphatic carbocycles. The van der Waals surface area contributed by atoms with Crippen molar-refractivity contribution >= 4 is 34.0 Å². The van der Waals surface area contributed by atoms with Crippen LogP contribution in [0.3, 0.4) is 0 Å². The fourth-order valence-corrected chi connectivity index (χ4v) is 6.70. The Bertz CT molecular complexity index is 2690. The molecule has 2 aromatic heterocycles. The van der Waals surface area contributed by atoms with Crippen LogP contribution < -0.4 is 21.1 Å². The van der Waals surface area contributed by atoms with E-state index in [2.05, 4.69) is 46.4 Å². The summed E-state index contributed by atoms with van der Waals surface area (Å²) in [6.45, 7) is 0. The van der Waals surface area contributed by atoms with Crippen molar-refractivity contribution in [3.63, 3.8) is 0 Å². The second kappa shape index (κ2) is 11.1. The summed E-state index contributed by atoms with van der Waals surface area (Å²) in [4.78, 5) is 17.6. The highest BCUT2D eigenvalue weighted by Crippen LogP contribution is 2.23. The summed E-state index contributed by atoms with van der Waals surface area (Å²) < 4.78 is 28.1. The monoisotopic (exact) mass is 624 g/mol. The Hall–Kier alpha value is -6.40. The van der Waals surface area contributed by atoms with Gasteiger partial charge in [-0.3, -0.25) is 0 Å². The van der Waals surface area contributed by atoms with E-state index in [4.69, 9.17) is 9.98 Å². The molecule has 3 aliphatic rings. The molecule has 5 heterocycles. The van der Waals surface area contributed by atoms with E-state index in [9.17, 15) is 8.78 Å². The van der Waals surface area contributed by atoms with E-state index in [1.54, 1.807) is 24.3 Å². The zero-order valence-corrected chi connectivity index (χ0v) is 25.5. The van der Waals surface area contributed by atoms with Crippen molar-refractivity contribution in [2.24, 2.45) is 9.98 Å². The van der Waals surface area contributed by atoms with Crippen LogP contribution in [0.2, 0.25) is 0 Å². The van der Waals surface area contributed by atoms with Crippen LogP contribution >= 0.6 is 0 Å². The van der Waals surface area contributed by atoms with Gasteiger partial charge in [0, 0.05) is 53.4 Å². The number of rotatable bonds is 2. The normalized spacial score (nSPS) is 14.8. The third-order valence-electron chi connectivity index (χ3n) is 8.96. The molecule has 4 aromatic carbocycles. The van der Waals surface area contributed by atoms with Crippen LogP contribution in [0.25, 0.3) is 22.5 Å². The van der Waals surface area contributed by atoms with Crippen molar-refractivity contribution in [3.8, 4) is 0 Å². The van der Waals surface area contributed by atoms with Crippen molar-refractivity contribution in [1.29, 1.82) is 0 Å². The molecule has 0 spiro atoms. The Balaban J connectivity index is 1.48. The molecule has 6 aromatic rings. The Morgan fingerprint density at radius 1 is 0.375 bits per heavy atom. The van der Waals surface area contributed by atoms with Crippen LogP contribution in [0.5, 0.6) is 0 Å². The number of aromatic amines is 2. The number of aliphatic imine (C=N–C) groups is 2. The Labute approximate surface area is 272 Å². The molecule has 0 atom stereocenters. The Morgan fingerprint density at radius 2 is 0.750 bits per heavy atom. The van der Waals surface area contributed by atoms with Gasteiger partial charge >= 0.3 is 0 Å². The van der Waals surface area contributed by atoms with Crippen molar-refractivity contribution in [3.05, 3.63) is 211 Å². The van der Waals surface area contributed by atoms with Gasteiger partial charge in [-0.25, -0.2) is 18.8 Å². The van der Waals surface area contributed by atoms with Gasteiger partial charge in [0.15, 0.2) is 0 Å². The lowest BCUT2D eigenvalue weighted by Gasteiger charge is -2.06. The van der Waals surface area contributed by atoms with E-state index in [0.29, 0.717) is 0 Å². The van der Waals surface area contributed by atoms with Gasteiger partial charge in [-0.05, 0) is 84.0 Å². The number of nitrogens with one attached hydrogen (secondary N) is 2. The van der Waals surface area contributed by atoms with Gasteiger partial charge in [0.1, 0.15) is 11.6 Å². The van der Waals surface area contributed by atoms with Gasteiger partial charge in [-0.2, -0.15) is 0 Å². The highest BCUT2D eigenvalue weighted by Gasteiger charge is 2.17. The Morgan fingerprint density at radius 3 is 1.17 bits per heavy atom. The minimum Gasteiger partial charge on any atom is -0.354 e. The van der Waals surface area contributed by atoms with Crippen molar-refractivity contribution in [1.82, 2.24) is 9.97 Å². The van der Waals surface area contributed by atoms with Gasteiger partial charge in [0.2, 0.25) is 0 Å².